The number of alkyl halides is 3. The van der Waals surface area contributed by atoms with E-state index in [0.29, 0.717) is 48.8 Å². The van der Waals surface area contributed by atoms with Crippen molar-refractivity contribution >= 4 is 29.1 Å². The van der Waals surface area contributed by atoms with Crippen LogP contribution in [0.3, 0.4) is 0 Å². The minimum Gasteiger partial charge on any atom is -0.439 e. The summed E-state index contributed by atoms with van der Waals surface area (Å²) in [7, 11) is 0. The lowest BCUT2D eigenvalue weighted by Crippen LogP contribution is -2.40. The van der Waals surface area contributed by atoms with E-state index in [0.717, 1.165) is 12.1 Å². The molecule has 2 aromatic carbocycles. The number of anilines is 1. The van der Waals surface area contributed by atoms with Crippen LogP contribution in [0.2, 0.25) is 0 Å². The van der Waals surface area contributed by atoms with E-state index in [9.17, 15) is 32.3 Å². The number of amides is 2. The number of hydrogen-bond donors (Lipinski definition) is 1. The van der Waals surface area contributed by atoms with Gasteiger partial charge < -0.3 is 19.7 Å². The van der Waals surface area contributed by atoms with E-state index in [1.807, 2.05) is 0 Å². The van der Waals surface area contributed by atoms with Gasteiger partial charge in [0.05, 0.1) is 17.4 Å². The van der Waals surface area contributed by atoms with E-state index in [4.69, 9.17) is 4.74 Å². The molecule has 1 fully saturated rings. The third-order valence-corrected chi connectivity index (χ3v) is 7.25. The van der Waals surface area contributed by atoms with Crippen LogP contribution in [0.1, 0.15) is 61.3 Å². The van der Waals surface area contributed by atoms with Crippen molar-refractivity contribution in [1.82, 2.24) is 14.9 Å². The number of carbonyl (C=O) groups excluding carboxylic acids is 4. The lowest BCUT2D eigenvalue weighted by Gasteiger charge is -2.31. The van der Waals surface area contributed by atoms with Gasteiger partial charge in [0.15, 0.2) is 11.6 Å². The zero-order valence-corrected chi connectivity index (χ0v) is 24.4. The maximum absolute atomic E-state index is 13.0. The molecule has 10 nitrogen and oxygen atoms in total. The molecule has 3 heterocycles. The number of ketones is 2. The molecule has 0 bridgehead atoms. The topological polar surface area (TPSA) is 128 Å². The second-order valence-electron chi connectivity index (χ2n) is 10.5. The average molecular weight is 633 g/mol. The summed E-state index contributed by atoms with van der Waals surface area (Å²) in [6.45, 7) is 2.07. The molecule has 1 N–H and O–H groups in total. The van der Waals surface area contributed by atoms with Crippen LogP contribution in [-0.4, -0.2) is 57.7 Å². The number of piperidine rings is 1. The van der Waals surface area contributed by atoms with Crippen molar-refractivity contribution in [2.45, 2.75) is 26.1 Å². The molecule has 1 saturated heterocycles. The quantitative estimate of drug-likeness (QED) is 0.211. The maximum atomic E-state index is 13.0. The zero-order chi connectivity index (χ0) is 32.8. The Balaban J connectivity index is 1.10. The summed E-state index contributed by atoms with van der Waals surface area (Å²) in [6, 6.07) is 17.5. The Morgan fingerprint density at radius 3 is 1.98 bits per heavy atom. The van der Waals surface area contributed by atoms with Gasteiger partial charge in [0.2, 0.25) is 5.88 Å². The third-order valence-electron chi connectivity index (χ3n) is 7.25. The minimum absolute atomic E-state index is 0.0521. The first-order valence-electron chi connectivity index (χ1n) is 14.2. The van der Waals surface area contributed by atoms with Crippen molar-refractivity contribution in [3.05, 3.63) is 108 Å². The summed E-state index contributed by atoms with van der Waals surface area (Å²) < 4.78 is 46.7. The van der Waals surface area contributed by atoms with Gasteiger partial charge in [0.25, 0.3) is 11.8 Å². The van der Waals surface area contributed by atoms with Gasteiger partial charge >= 0.3 is 6.36 Å². The van der Waals surface area contributed by atoms with Gasteiger partial charge in [-0.25, -0.2) is 4.98 Å². The first-order valence-corrected chi connectivity index (χ1v) is 14.2. The van der Waals surface area contributed by atoms with Gasteiger partial charge in [-0.05, 0) is 86.5 Å². The molecule has 1 aliphatic heterocycles. The number of Topliss-reactive ketones (excluding diaryl/α,β-unsaturated/α-hetero) is 2. The zero-order valence-electron chi connectivity index (χ0n) is 24.4. The molecule has 0 unspecified atom stereocenters. The Hall–Kier alpha value is -5.59. The molecule has 5 rings (SSSR count). The van der Waals surface area contributed by atoms with Crippen LogP contribution < -0.4 is 14.8 Å². The Morgan fingerprint density at radius 1 is 0.783 bits per heavy atom. The summed E-state index contributed by atoms with van der Waals surface area (Å²) in [5.74, 6) is -1.07. The van der Waals surface area contributed by atoms with Gasteiger partial charge in [-0.15, -0.1) is 13.2 Å². The van der Waals surface area contributed by atoms with Crippen molar-refractivity contribution < 1.29 is 41.8 Å². The van der Waals surface area contributed by atoms with Crippen molar-refractivity contribution in [3.8, 4) is 17.4 Å². The highest BCUT2D eigenvalue weighted by molar-refractivity contribution is 6.04. The molecule has 236 valence electrons. The highest BCUT2D eigenvalue weighted by Crippen LogP contribution is 2.27. The molecule has 1 aliphatic rings. The smallest absolute Gasteiger partial charge is 0.439 e. The van der Waals surface area contributed by atoms with Crippen molar-refractivity contribution in [3.63, 3.8) is 0 Å². The van der Waals surface area contributed by atoms with Crippen LogP contribution in [0.5, 0.6) is 17.4 Å². The number of halogens is 3. The normalized spacial score (nSPS) is 13.5. The Labute approximate surface area is 261 Å². The average Bonchev–Trinajstić information content (AvgIpc) is 3.05. The molecule has 0 radical (unpaired) electrons. The van der Waals surface area contributed by atoms with E-state index < -0.39 is 18.0 Å². The van der Waals surface area contributed by atoms with Gasteiger partial charge in [-0.1, -0.05) is 0 Å². The Kier molecular flexibility index (Phi) is 9.40. The number of carbonyl (C=O) groups is 4. The Bertz CT molecular complexity index is 1720. The molecule has 0 saturated carbocycles. The van der Waals surface area contributed by atoms with E-state index in [2.05, 4.69) is 20.0 Å². The monoisotopic (exact) mass is 632 g/mol. The summed E-state index contributed by atoms with van der Waals surface area (Å²) in [4.78, 5) is 59.9. The summed E-state index contributed by atoms with van der Waals surface area (Å²) in [5.41, 5.74) is 1.60. The molecule has 0 aliphatic carbocycles. The Morgan fingerprint density at radius 2 is 1.41 bits per heavy atom. The van der Waals surface area contributed by atoms with Gasteiger partial charge in [0, 0.05) is 42.4 Å². The van der Waals surface area contributed by atoms with Crippen molar-refractivity contribution in [2.75, 3.05) is 18.4 Å². The second-order valence-corrected chi connectivity index (χ2v) is 10.5. The molecular formula is C33H27F3N4O6. The molecule has 2 amide bonds. The fraction of sp³-hybridized carbons (Fsp3) is 0.212. The van der Waals surface area contributed by atoms with Crippen LogP contribution in [-0.2, 0) is 0 Å². The highest BCUT2D eigenvalue weighted by Gasteiger charge is 2.32. The minimum atomic E-state index is -4.82. The highest BCUT2D eigenvalue weighted by atomic mass is 19.4. The number of nitrogens with one attached hydrogen (secondary N) is 1. The summed E-state index contributed by atoms with van der Waals surface area (Å²) in [5, 5.41) is 2.70. The van der Waals surface area contributed by atoms with Crippen LogP contribution >= 0.6 is 0 Å². The predicted molar refractivity (Wildman–Crippen MR) is 159 cm³/mol. The fourth-order valence-electron chi connectivity index (χ4n) is 4.81. The second kappa shape index (κ2) is 13.6. The van der Waals surface area contributed by atoms with E-state index in [-0.39, 0.29) is 40.2 Å². The SMILES string of the molecule is CC(=O)c1ccc(Oc2ccc(NC(=O)c3ccc(C(=O)N4CCC(C(=O)c5ccc(OC(F)(F)F)cc5)CC4)nc3)cn2)cc1. The number of rotatable bonds is 9. The van der Waals surface area contributed by atoms with Crippen molar-refractivity contribution in [2.24, 2.45) is 5.92 Å². The van der Waals surface area contributed by atoms with E-state index in [1.165, 1.54) is 43.6 Å². The lowest BCUT2D eigenvalue weighted by molar-refractivity contribution is -0.274. The molecule has 0 spiro atoms. The fourth-order valence-corrected chi connectivity index (χ4v) is 4.81. The molecule has 0 atom stereocenters. The summed E-state index contributed by atoms with van der Waals surface area (Å²) in [6.07, 6.45) is -1.33. The standard InChI is InChI=1S/C33H27F3N4O6/c1-20(41)21-2-8-26(9-3-21)45-29-13-7-25(19-38-29)39-31(43)24-6-12-28(37-18-24)32(44)40-16-14-23(15-17-40)30(42)22-4-10-27(11-5-22)46-33(34,35)36/h2-13,18-19,23H,14-17H2,1H3,(H,39,43). The predicted octanol–water partition coefficient (Wildman–Crippen LogP) is 6.36. The molecular weight excluding hydrogens is 605 g/mol. The number of likely N-dealkylation sites (tertiary alicyclic amines) is 1. The van der Waals surface area contributed by atoms with Gasteiger partial charge in [-0.2, -0.15) is 0 Å². The van der Waals surface area contributed by atoms with Crippen LogP contribution in [0.25, 0.3) is 0 Å². The molecule has 4 aromatic rings. The number of aromatic nitrogens is 2. The van der Waals surface area contributed by atoms with E-state index >= 15 is 0 Å². The molecule has 2 aromatic heterocycles. The molecule has 46 heavy (non-hydrogen) atoms. The van der Waals surface area contributed by atoms with Gasteiger partial charge in [-0.3, -0.25) is 24.2 Å². The van der Waals surface area contributed by atoms with E-state index in [1.54, 1.807) is 41.3 Å². The largest absolute Gasteiger partial charge is 0.573 e. The number of benzene rings is 2. The summed E-state index contributed by atoms with van der Waals surface area (Å²) >= 11 is 0. The lowest BCUT2D eigenvalue weighted by atomic mass is 9.88. The van der Waals surface area contributed by atoms with Crippen LogP contribution in [0.4, 0.5) is 18.9 Å². The number of hydrogen-bond acceptors (Lipinski definition) is 8. The number of ether oxygens (including phenoxy) is 2. The van der Waals surface area contributed by atoms with Crippen LogP contribution in [0, 0.1) is 5.92 Å². The number of pyridine rings is 2. The van der Waals surface area contributed by atoms with Crippen molar-refractivity contribution in [1.29, 1.82) is 0 Å². The molecule has 13 heteroatoms. The first-order chi connectivity index (χ1) is 21.9. The third kappa shape index (κ3) is 8.11. The van der Waals surface area contributed by atoms with Gasteiger partial charge in [0.1, 0.15) is 17.2 Å². The number of nitrogens with zero attached hydrogens (tertiary/aromatic N) is 3. The maximum Gasteiger partial charge on any atom is 0.573 e. The first kappa shape index (κ1) is 31.8. The van der Waals surface area contributed by atoms with Crippen LogP contribution in [0.15, 0.2) is 85.2 Å².